The first-order valence-corrected chi connectivity index (χ1v) is 7.53. The lowest BCUT2D eigenvalue weighted by atomic mass is 9.83. The molecule has 2 heterocycles. The van der Waals surface area contributed by atoms with Crippen molar-refractivity contribution in [2.75, 3.05) is 19.6 Å². The molecule has 1 aromatic rings. The summed E-state index contributed by atoms with van der Waals surface area (Å²) in [6.45, 7) is 5.07. The van der Waals surface area contributed by atoms with E-state index in [-0.39, 0.29) is 11.8 Å². The number of phenols is 1. The Labute approximate surface area is 124 Å². The lowest BCUT2D eigenvalue weighted by Crippen LogP contribution is -2.46. The van der Waals surface area contributed by atoms with E-state index in [1.54, 1.807) is 23.1 Å². The fourth-order valence-electron chi connectivity index (χ4n) is 3.32. The van der Waals surface area contributed by atoms with Crippen molar-refractivity contribution < 1.29 is 14.6 Å². The number of nitrogens with zero attached hydrogens (tertiary/aromatic N) is 1. The predicted molar refractivity (Wildman–Crippen MR) is 79.0 cm³/mol. The van der Waals surface area contributed by atoms with Crippen LogP contribution in [0, 0.1) is 5.92 Å². The van der Waals surface area contributed by atoms with Crippen LogP contribution < -0.4 is 5.32 Å². The quantitative estimate of drug-likeness (QED) is 0.895. The summed E-state index contributed by atoms with van der Waals surface area (Å²) in [6, 6.07) is 7.01. The molecule has 3 rings (SSSR count). The van der Waals surface area contributed by atoms with Gasteiger partial charge in [0, 0.05) is 19.0 Å². The van der Waals surface area contributed by atoms with E-state index in [9.17, 15) is 9.90 Å². The average Bonchev–Trinajstić information content (AvgIpc) is 2.76. The van der Waals surface area contributed by atoms with Crippen molar-refractivity contribution in [2.45, 2.75) is 31.9 Å². The van der Waals surface area contributed by atoms with Gasteiger partial charge in [0.1, 0.15) is 11.4 Å². The summed E-state index contributed by atoms with van der Waals surface area (Å²) in [5, 5.41) is 12.9. The van der Waals surface area contributed by atoms with Gasteiger partial charge in [-0.25, -0.2) is 4.79 Å². The van der Waals surface area contributed by atoms with Crippen LogP contribution >= 0.6 is 0 Å². The van der Waals surface area contributed by atoms with Crippen LogP contribution in [0.1, 0.15) is 25.3 Å². The summed E-state index contributed by atoms with van der Waals surface area (Å²) in [5.74, 6) is 0.587. The second kappa shape index (κ2) is 5.56. The topological polar surface area (TPSA) is 61.8 Å². The number of hydrogen-bond donors (Lipinski definition) is 2. The van der Waals surface area contributed by atoms with Gasteiger partial charge >= 0.3 is 6.09 Å². The molecule has 5 heteroatoms. The molecular weight excluding hydrogens is 268 g/mol. The van der Waals surface area contributed by atoms with Gasteiger partial charge < -0.3 is 15.2 Å². The lowest BCUT2D eigenvalue weighted by molar-refractivity contribution is 0.0121. The Kier molecular flexibility index (Phi) is 3.76. The monoisotopic (exact) mass is 290 g/mol. The molecule has 1 amide bonds. The Morgan fingerprint density at radius 2 is 2.38 bits per heavy atom. The van der Waals surface area contributed by atoms with E-state index in [1.165, 1.54) is 0 Å². The molecule has 2 atom stereocenters. The van der Waals surface area contributed by atoms with E-state index in [4.69, 9.17) is 4.74 Å². The SMILES string of the molecule is CC1(C2CCCNC2)CN(Cc2cccc(O)c2)C(=O)O1. The number of nitrogens with one attached hydrogen (secondary N) is 1. The van der Waals surface area contributed by atoms with E-state index in [0.717, 1.165) is 31.5 Å². The van der Waals surface area contributed by atoms with E-state index >= 15 is 0 Å². The molecule has 2 aliphatic heterocycles. The normalized spacial score (nSPS) is 29.5. The van der Waals surface area contributed by atoms with Crippen LogP contribution in [-0.2, 0) is 11.3 Å². The Balaban J connectivity index is 1.69. The van der Waals surface area contributed by atoms with Gasteiger partial charge in [-0.1, -0.05) is 12.1 Å². The van der Waals surface area contributed by atoms with Crippen molar-refractivity contribution in [3.8, 4) is 5.75 Å². The minimum absolute atomic E-state index is 0.222. The van der Waals surface area contributed by atoms with Gasteiger partial charge in [0.25, 0.3) is 0 Å². The molecule has 0 aromatic heterocycles. The number of aromatic hydroxyl groups is 1. The molecular formula is C16H22N2O3. The summed E-state index contributed by atoms with van der Waals surface area (Å²) in [7, 11) is 0. The van der Waals surface area contributed by atoms with Crippen LogP contribution in [0.25, 0.3) is 0 Å². The number of amides is 1. The highest BCUT2D eigenvalue weighted by atomic mass is 16.6. The number of carbonyl (C=O) groups excluding carboxylic acids is 1. The van der Waals surface area contributed by atoms with Crippen LogP contribution in [0.3, 0.4) is 0 Å². The zero-order valence-corrected chi connectivity index (χ0v) is 12.3. The third kappa shape index (κ3) is 2.97. The highest BCUT2D eigenvalue weighted by Crippen LogP contribution is 2.34. The second-order valence-electron chi connectivity index (χ2n) is 6.25. The minimum Gasteiger partial charge on any atom is -0.508 e. The molecule has 0 spiro atoms. The number of phenolic OH excluding ortho intramolecular Hbond substituents is 1. The van der Waals surface area contributed by atoms with Crippen LogP contribution in [0.2, 0.25) is 0 Å². The molecule has 0 aliphatic carbocycles. The molecule has 2 fully saturated rings. The summed E-state index contributed by atoms with van der Waals surface area (Å²) < 4.78 is 5.69. The predicted octanol–water partition coefficient (Wildman–Crippen LogP) is 2.10. The van der Waals surface area contributed by atoms with Gasteiger partial charge in [-0.05, 0) is 44.0 Å². The highest BCUT2D eigenvalue weighted by Gasteiger charge is 2.46. The van der Waals surface area contributed by atoms with Crippen LogP contribution in [0.5, 0.6) is 5.75 Å². The van der Waals surface area contributed by atoms with E-state index in [0.29, 0.717) is 19.0 Å². The van der Waals surface area contributed by atoms with E-state index < -0.39 is 5.60 Å². The molecule has 2 unspecified atom stereocenters. The lowest BCUT2D eigenvalue weighted by Gasteiger charge is -2.34. The molecule has 114 valence electrons. The van der Waals surface area contributed by atoms with Crippen LogP contribution in [0.4, 0.5) is 4.79 Å². The molecule has 0 bridgehead atoms. The number of benzene rings is 1. The zero-order valence-electron chi connectivity index (χ0n) is 12.3. The molecule has 0 radical (unpaired) electrons. The summed E-state index contributed by atoms with van der Waals surface area (Å²) in [6.07, 6.45) is 1.97. The standard InChI is InChI=1S/C16H22N2O3/c1-16(13-5-3-7-17-9-13)11-18(15(20)21-16)10-12-4-2-6-14(19)8-12/h2,4,6,8,13,17,19H,3,5,7,9-11H2,1H3. The summed E-state index contributed by atoms with van der Waals surface area (Å²) in [4.78, 5) is 13.9. The second-order valence-corrected chi connectivity index (χ2v) is 6.25. The third-order valence-electron chi connectivity index (χ3n) is 4.53. The van der Waals surface area contributed by atoms with Crippen molar-refractivity contribution >= 4 is 6.09 Å². The molecule has 2 N–H and O–H groups in total. The van der Waals surface area contributed by atoms with Gasteiger partial charge in [-0.3, -0.25) is 4.90 Å². The van der Waals surface area contributed by atoms with Gasteiger partial charge in [0.15, 0.2) is 0 Å². The maximum absolute atomic E-state index is 12.1. The maximum Gasteiger partial charge on any atom is 0.410 e. The first kappa shape index (κ1) is 14.2. The zero-order chi connectivity index (χ0) is 14.9. The van der Waals surface area contributed by atoms with Crippen molar-refractivity contribution in [2.24, 2.45) is 5.92 Å². The Bertz CT molecular complexity index is 528. The van der Waals surface area contributed by atoms with Gasteiger partial charge in [-0.15, -0.1) is 0 Å². The van der Waals surface area contributed by atoms with Gasteiger partial charge in [-0.2, -0.15) is 0 Å². The minimum atomic E-state index is -0.415. The first-order valence-electron chi connectivity index (χ1n) is 7.53. The van der Waals surface area contributed by atoms with Crippen LogP contribution in [-0.4, -0.2) is 41.3 Å². The number of carbonyl (C=O) groups is 1. The number of cyclic esters (lactones) is 1. The Morgan fingerprint density at radius 1 is 1.52 bits per heavy atom. The maximum atomic E-state index is 12.1. The average molecular weight is 290 g/mol. The number of hydrogen-bond acceptors (Lipinski definition) is 4. The highest BCUT2D eigenvalue weighted by molar-refractivity contribution is 5.70. The number of ether oxygens (including phenoxy) is 1. The molecule has 5 nitrogen and oxygen atoms in total. The molecule has 21 heavy (non-hydrogen) atoms. The smallest absolute Gasteiger partial charge is 0.410 e. The molecule has 2 saturated heterocycles. The fraction of sp³-hybridized carbons (Fsp3) is 0.562. The van der Waals surface area contributed by atoms with E-state index in [1.807, 2.05) is 13.0 Å². The molecule has 0 saturated carbocycles. The van der Waals surface area contributed by atoms with Crippen molar-refractivity contribution in [3.05, 3.63) is 29.8 Å². The third-order valence-corrected chi connectivity index (χ3v) is 4.53. The Morgan fingerprint density at radius 3 is 3.10 bits per heavy atom. The van der Waals surface area contributed by atoms with Crippen LogP contribution in [0.15, 0.2) is 24.3 Å². The number of piperidine rings is 1. The van der Waals surface area contributed by atoms with Gasteiger partial charge in [0.2, 0.25) is 0 Å². The molecule has 1 aromatic carbocycles. The first-order chi connectivity index (χ1) is 10.1. The Hall–Kier alpha value is -1.75. The molecule has 2 aliphatic rings. The van der Waals surface area contributed by atoms with Crippen molar-refractivity contribution in [1.82, 2.24) is 10.2 Å². The number of rotatable bonds is 3. The summed E-state index contributed by atoms with van der Waals surface area (Å²) >= 11 is 0. The summed E-state index contributed by atoms with van der Waals surface area (Å²) in [5.41, 5.74) is 0.499. The van der Waals surface area contributed by atoms with E-state index in [2.05, 4.69) is 5.32 Å². The van der Waals surface area contributed by atoms with Crippen molar-refractivity contribution in [1.29, 1.82) is 0 Å². The fourth-order valence-corrected chi connectivity index (χ4v) is 3.32. The largest absolute Gasteiger partial charge is 0.508 e. The van der Waals surface area contributed by atoms with Gasteiger partial charge in [0.05, 0.1) is 6.54 Å². The van der Waals surface area contributed by atoms with Crippen molar-refractivity contribution in [3.63, 3.8) is 0 Å².